The van der Waals surface area contributed by atoms with Gasteiger partial charge in [0.15, 0.2) is 0 Å². The molecule has 0 atom stereocenters. The molecule has 0 amide bonds. The second-order valence-electron chi connectivity index (χ2n) is 3.65. The summed E-state index contributed by atoms with van der Waals surface area (Å²) in [5.41, 5.74) is 6.31. The van der Waals surface area contributed by atoms with Crippen molar-refractivity contribution in [3.05, 3.63) is 65.7 Å². The lowest BCUT2D eigenvalue weighted by Crippen LogP contribution is -1.90. The molecule has 0 radical (unpaired) electrons. The lowest BCUT2D eigenvalue weighted by Gasteiger charge is -1.99. The average Bonchev–Trinajstić information content (AvgIpc) is 2.30. The molecule has 0 fully saturated rings. The Kier molecular flexibility index (Phi) is 3.34. The Hall–Kier alpha value is -2.09. The Labute approximate surface area is 95.6 Å². The largest absolute Gasteiger partial charge is 0.279 e. The van der Waals surface area contributed by atoms with Crippen molar-refractivity contribution in [3.8, 4) is 0 Å². The fourth-order valence-electron chi connectivity index (χ4n) is 1.44. The van der Waals surface area contributed by atoms with E-state index in [1.165, 1.54) is 5.56 Å². The predicted molar refractivity (Wildman–Crippen MR) is 68.8 cm³/mol. The summed E-state index contributed by atoms with van der Waals surface area (Å²) >= 11 is 0. The standard InChI is InChI=1S/C14H14N2/c1-12-6-5-7-13(10-12)11-15-16-14-8-3-2-4-9-14/h2-11,16H,1H3/b15-11-. The van der Waals surface area contributed by atoms with Crippen LogP contribution in [0.1, 0.15) is 11.1 Å². The summed E-state index contributed by atoms with van der Waals surface area (Å²) in [6.07, 6.45) is 1.82. The average molecular weight is 210 g/mol. The molecule has 0 heterocycles. The smallest absolute Gasteiger partial charge is 0.0561 e. The van der Waals surface area contributed by atoms with E-state index in [9.17, 15) is 0 Å². The molecule has 0 aliphatic carbocycles. The van der Waals surface area contributed by atoms with E-state index in [0.717, 1.165) is 11.3 Å². The van der Waals surface area contributed by atoms with Crippen LogP contribution in [-0.4, -0.2) is 6.21 Å². The predicted octanol–water partition coefficient (Wildman–Crippen LogP) is 3.44. The summed E-state index contributed by atoms with van der Waals surface area (Å²) in [7, 11) is 0. The van der Waals surface area contributed by atoms with Gasteiger partial charge in [0.1, 0.15) is 0 Å². The maximum Gasteiger partial charge on any atom is 0.0561 e. The van der Waals surface area contributed by atoms with Gasteiger partial charge in [0, 0.05) is 0 Å². The molecule has 2 nitrogen and oxygen atoms in total. The normalized spacial score (nSPS) is 10.6. The van der Waals surface area contributed by atoms with Gasteiger partial charge in [0.2, 0.25) is 0 Å². The van der Waals surface area contributed by atoms with Gasteiger partial charge in [-0.1, -0.05) is 48.0 Å². The van der Waals surface area contributed by atoms with Gasteiger partial charge in [-0.15, -0.1) is 0 Å². The maximum absolute atomic E-state index is 4.18. The van der Waals surface area contributed by atoms with Crippen LogP contribution in [0.4, 0.5) is 5.69 Å². The van der Waals surface area contributed by atoms with Gasteiger partial charge in [-0.25, -0.2) is 0 Å². The van der Waals surface area contributed by atoms with E-state index < -0.39 is 0 Å². The second kappa shape index (κ2) is 5.12. The molecule has 0 saturated heterocycles. The molecule has 0 aliphatic rings. The van der Waals surface area contributed by atoms with Crippen LogP contribution in [0, 0.1) is 6.92 Å². The third-order valence-corrected chi connectivity index (χ3v) is 2.22. The number of rotatable bonds is 3. The molecule has 16 heavy (non-hydrogen) atoms. The fraction of sp³-hybridized carbons (Fsp3) is 0.0714. The minimum atomic E-state index is 0.992. The SMILES string of the molecule is Cc1cccc(/C=N\Nc2ccccc2)c1. The first-order valence-electron chi connectivity index (χ1n) is 5.25. The van der Waals surface area contributed by atoms with Crippen molar-refractivity contribution in [1.29, 1.82) is 0 Å². The Morgan fingerprint density at radius 2 is 1.81 bits per heavy atom. The van der Waals surface area contributed by atoms with E-state index in [1.54, 1.807) is 0 Å². The van der Waals surface area contributed by atoms with Crippen molar-refractivity contribution in [2.45, 2.75) is 6.92 Å². The third-order valence-electron chi connectivity index (χ3n) is 2.22. The first-order chi connectivity index (χ1) is 7.84. The topological polar surface area (TPSA) is 24.4 Å². The Bertz CT molecular complexity index is 475. The summed E-state index contributed by atoms with van der Waals surface area (Å²) in [6, 6.07) is 18.1. The van der Waals surface area contributed by atoms with Crippen molar-refractivity contribution >= 4 is 11.9 Å². The van der Waals surface area contributed by atoms with E-state index >= 15 is 0 Å². The van der Waals surface area contributed by atoms with Gasteiger partial charge in [-0.3, -0.25) is 5.43 Å². The van der Waals surface area contributed by atoms with Crippen molar-refractivity contribution in [2.24, 2.45) is 5.10 Å². The lowest BCUT2D eigenvalue weighted by atomic mass is 10.2. The molecule has 0 aromatic heterocycles. The Balaban J connectivity index is 2.00. The van der Waals surface area contributed by atoms with Crippen LogP contribution in [-0.2, 0) is 0 Å². The van der Waals surface area contributed by atoms with E-state index in [-0.39, 0.29) is 0 Å². The molecular formula is C14H14N2. The highest BCUT2D eigenvalue weighted by Gasteiger charge is 1.88. The summed E-state index contributed by atoms with van der Waals surface area (Å²) in [5.74, 6) is 0. The monoisotopic (exact) mass is 210 g/mol. The van der Waals surface area contributed by atoms with Crippen LogP contribution in [0.5, 0.6) is 0 Å². The Morgan fingerprint density at radius 1 is 1.00 bits per heavy atom. The highest BCUT2D eigenvalue weighted by molar-refractivity contribution is 5.80. The number of nitrogens with one attached hydrogen (secondary N) is 1. The van der Waals surface area contributed by atoms with Crippen LogP contribution in [0.15, 0.2) is 59.7 Å². The minimum Gasteiger partial charge on any atom is -0.279 e. The van der Waals surface area contributed by atoms with E-state index in [4.69, 9.17) is 0 Å². The summed E-state index contributed by atoms with van der Waals surface area (Å²) in [6.45, 7) is 2.07. The lowest BCUT2D eigenvalue weighted by molar-refractivity contribution is 1.35. The van der Waals surface area contributed by atoms with Gasteiger partial charge in [-0.05, 0) is 24.6 Å². The number of benzene rings is 2. The van der Waals surface area contributed by atoms with Crippen LogP contribution in [0.3, 0.4) is 0 Å². The molecule has 2 rings (SSSR count). The molecule has 2 aromatic carbocycles. The van der Waals surface area contributed by atoms with Crippen molar-refractivity contribution in [1.82, 2.24) is 0 Å². The summed E-state index contributed by atoms with van der Waals surface area (Å²) < 4.78 is 0. The zero-order chi connectivity index (χ0) is 11.2. The number of hydrogen-bond acceptors (Lipinski definition) is 2. The molecule has 2 aromatic rings. The molecule has 0 bridgehead atoms. The Morgan fingerprint density at radius 3 is 2.56 bits per heavy atom. The number of hydrogen-bond donors (Lipinski definition) is 1. The van der Waals surface area contributed by atoms with Gasteiger partial charge in [0.05, 0.1) is 11.9 Å². The van der Waals surface area contributed by atoms with Gasteiger partial charge in [-0.2, -0.15) is 5.10 Å². The number of para-hydroxylation sites is 1. The molecule has 2 heteroatoms. The quantitative estimate of drug-likeness (QED) is 0.609. The van der Waals surface area contributed by atoms with Gasteiger partial charge >= 0.3 is 0 Å². The zero-order valence-electron chi connectivity index (χ0n) is 9.22. The zero-order valence-corrected chi connectivity index (χ0v) is 9.22. The van der Waals surface area contributed by atoms with Crippen LogP contribution in [0.25, 0.3) is 0 Å². The summed E-state index contributed by atoms with van der Waals surface area (Å²) in [5, 5.41) is 4.18. The van der Waals surface area contributed by atoms with E-state index in [1.807, 2.05) is 48.7 Å². The molecule has 80 valence electrons. The van der Waals surface area contributed by atoms with E-state index in [0.29, 0.717) is 0 Å². The molecule has 0 spiro atoms. The third kappa shape index (κ3) is 2.95. The van der Waals surface area contributed by atoms with Crippen LogP contribution in [0.2, 0.25) is 0 Å². The van der Waals surface area contributed by atoms with Gasteiger partial charge < -0.3 is 0 Å². The number of aryl methyl sites for hydroxylation is 1. The van der Waals surface area contributed by atoms with E-state index in [2.05, 4.69) is 29.6 Å². The van der Waals surface area contributed by atoms with Crippen LogP contribution >= 0.6 is 0 Å². The highest BCUT2D eigenvalue weighted by atomic mass is 15.3. The number of hydrazone groups is 1. The maximum atomic E-state index is 4.18. The first-order valence-corrected chi connectivity index (χ1v) is 5.25. The van der Waals surface area contributed by atoms with Crippen LogP contribution < -0.4 is 5.43 Å². The number of anilines is 1. The van der Waals surface area contributed by atoms with Gasteiger partial charge in [0.25, 0.3) is 0 Å². The molecule has 0 aliphatic heterocycles. The highest BCUT2D eigenvalue weighted by Crippen LogP contribution is 2.05. The fourth-order valence-corrected chi connectivity index (χ4v) is 1.44. The molecule has 0 saturated carbocycles. The van der Waals surface area contributed by atoms with Crippen molar-refractivity contribution in [3.63, 3.8) is 0 Å². The molecule has 1 N–H and O–H groups in total. The minimum absolute atomic E-state index is 0.992. The summed E-state index contributed by atoms with van der Waals surface area (Å²) in [4.78, 5) is 0. The second-order valence-corrected chi connectivity index (χ2v) is 3.65. The number of nitrogens with zero attached hydrogens (tertiary/aromatic N) is 1. The first kappa shape index (κ1) is 10.4. The van der Waals surface area contributed by atoms with Crippen molar-refractivity contribution in [2.75, 3.05) is 5.43 Å². The van der Waals surface area contributed by atoms with Crippen molar-refractivity contribution < 1.29 is 0 Å². The molecular weight excluding hydrogens is 196 g/mol. The molecule has 0 unspecified atom stereocenters.